The van der Waals surface area contributed by atoms with Gasteiger partial charge >= 0.3 is 0 Å². The van der Waals surface area contributed by atoms with Gasteiger partial charge in [-0.2, -0.15) is 5.10 Å². The summed E-state index contributed by atoms with van der Waals surface area (Å²) in [5.74, 6) is 0.406. The summed E-state index contributed by atoms with van der Waals surface area (Å²) >= 11 is 0. The van der Waals surface area contributed by atoms with Crippen LogP contribution in [0.3, 0.4) is 0 Å². The molecule has 1 aliphatic carbocycles. The number of pyridine rings is 1. The minimum absolute atomic E-state index is 0.130. The van der Waals surface area contributed by atoms with Crippen LogP contribution in [0.15, 0.2) is 30.7 Å². The average molecular weight is 286 g/mol. The predicted molar refractivity (Wildman–Crippen MR) is 81.5 cm³/mol. The van der Waals surface area contributed by atoms with Crippen LogP contribution in [-0.2, 0) is 6.54 Å². The minimum Gasteiger partial charge on any atom is -0.393 e. The van der Waals surface area contributed by atoms with Crippen LogP contribution in [0.25, 0.3) is 11.3 Å². The maximum atomic E-state index is 9.94. The van der Waals surface area contributed by atoms with E-state index in [0.717, 1.165) is 49.2 Å². The first-order valence-corrected chi connectivity index (χ1v) is 7.53. The SMILES string of the molecule is CN(Cc1cn[nH]c1-c1cccnc1)CC1CCCC1O. The molecule has 2 aromatic heterocycles. The van der Waals surface area contributed by atoms with Gasteiger partial charge in [0.25, 0.3) is 0 Å². The minimum atomic E-state index is -0.130. The smallest absolute Gasteiger partial charge is 0.0710 e. The van der Waals surface area contributed by atoms with Crippen LogP contribution in [-0.4, -0.2) is 44.9 Å². The van der Waals surface area contributed by atoms with Crippen molar-refractivity contribution in [3.63, 3.8) is 0 Å². The van der Waals surface area contributed by atoms with Gasteiger partial charge in [-0.05, 0) is 37.9 Å². The van der Waals surface area contributed by atoms with Crippen LogP contribution >= 0.6 is 0 Å². The fourth-order valence-electron chi connectivity index (χ4n) is 3.18. The number of nitrogens with zero attached hydrogens (tertiary/aromatic N) is 3. The molecule has 1 saturated carbocycles. The van der Waals surface area contributed by atoms with E-state index in [-0.39, 0.29) is 6.10 Å². The van der Waals surface area contributed by atoms with Gasteiger partial charge in [0.1, 0.15) is 0 Å². The van der Waals surface area contributed by atoms with Crippen LogP contribution in [0, 0.1) is 5.92 Å². The van der Waals surface area contributed by atoms with Gasteiger partial charge in [0, 0.05) is 36.6 Å². The molecule has 0 spiro atoms. The Morgan fingerprint density at radius 3 is 3.00 bits per heavy atom. The lowest BCUT2D eigenvalue weighted by Gasteiger charge is -2.23. The quantitative estimate of drug-likeness (QED) is 0.883. The van der Waals surface area contributed by atoms with Gasteiger partial charge in [0.05, 0.1) is 18.0 Å². The molecule has 0 aromatic carbocycles. The zero-order chi connectivity index (χ0) is 14.7. The summed E-state index contributed by atoms with van der Waals surface area (Å²) in [6.45, 7) is 1.75. The van der Waals surface area contributed by atoms with Crippen LogP contribution in [0.2, 0.25) is 0 Å². The van der Waals surface area contributed by atoms with Crippen molar-refractivity contribution in [1.29, 1.82) is 0 Å². The lowest BCUT2D eigenvalue weighted by atomic mass is 10.0. The highest BCUT2D eigenvalue weighted by molar-refractivity contribution is 5.61. The van der Waals surface area contributed by atoms with Gasteiger partial charge in [-0.25, -0.2) is 0 Å². The second kappa shape index (κ2) is 6.37. The van der Waals surface area contributed by atoms with E-state index in [0.29, 0.717) is 5.92 Å². The third-order valence-electron chi connectivity index (χ3n) is 4.27. The first-order chi connectivity index (χ1) is 10.2. The Labute approximate surface area is 125 Å². The molecule has 21 heavy (non-hydrogen) atoms. The van der Waals surface area contributed by atoms with Gasteiger partial charge in [0.15, 0.2) is 0 Å². The molecule has 2 heterocycles. The van der Waals surface area contributed by atoms with E-state index in [1.165, 1.54) is 0 Å². The maximum Gasteiger partial charge on any atom is 0.0710 e. The molecule has 5 nitrogen and oxygen atoms in total. The number of aromatic nitrogens is 3. The first-order valence-electron chi connectivity index (χ1n) is 7.53. The lowest BCUT2D eigenvalue weighted by molar-refractivity contribution is 0.108. The van der Waals surface area contributed by atoms with Crippen molar-refractivity contribution in [2.24, 2.45) is 5.92 Å². The lowest BCUT2D eigenvalue weighted by Crippen LogP contribution is -2.29. The molecule has 2 unspecified atom stereocenters. The van der Waals surface area contributed by atoms with Gasteiger partial charge in [-0.15, -0.1) is 0 Å². The van der Waals surface area contributed by atoms with Crippen molar-refractivity contribution in [1.82, 2.24) is 20.1 Å². The third-order valence-corrected chi connectivity index (χ3v) is 4.27. The van der Waals surface area contributed by atoms with Crippen molar-refractivity contribution < 1.29 is 5.11 Å². The summed E-state index contributed by atoms with van der Waals surface area (Å²) in [6, 6.07) is 3.96. The number of aromatic amines is 1. The van der Waals surface area contributed by atoms with E-state index in [9.17, 15) is 5.11 Å². The summed E-state index contributed by atoms with van der Waals surface area (Å²) in [5.41, 5.74) is 3.25. The second-order valence-electron chi connectivity index (χ2n) is 5.97. The van der Waals surface area contributed by atoms with E-state index < -0.39 is 0 Å². The summed E-state index contributed by atoms with van der Waals surface area (Å²) in [6.07, 6.45) is 8.59. The molecule has 1 aliphatic rings. The molecule has 3 rings (SSSR count). The summed E-state index contributed by atoms with van der Waals surface area (Å²) in [5, 5.41) is 17.2. The Bertz CT molecular complexity index is 569. The fraction of sp³-hybridized carbons (Fsp3) is 0.500. The van der Waals surface area contributed by atoms with Gasteiger partial charge in [-0.1, -0.05) is 6.42 Å². The molecule has 2 atom stereocenters. The highest BCUT2D eigenvalue weighted by atomic mass is 16.3. The number of nitrogens with one attached hydrogen (secondary N) is 1. The highest BCUT2D eigenvalue weighted by Gasteiger charge is 2.26. The third kappa shape index (κ3) is 3.31. The largest absolute Gasteiger partial charge is 0.393 e. The molecular weight excluding hydrogens is 264 g/mol. The number of hydrogen-bond donors (Lipinski definition) is 2. The Hall–Kier alpha value is -1.72. The molecule has 1 fully saturated rings. The summed E-state index contributed by atoms with van der Waals surface area (Å²) < 4.78 is 0. The van der Waals surface area contributed by atoms with Crippen LogP contribution in [0.5, 0.6) is 0 Å². The van der Waals surface area contributed by atoms with Crippen molar-refractivity contribution >= 4 is 0 Å². The van der Waals surface area contributed by atoms with Crippen LogP contribution in [0.1, 0.15) is 24.8 Å². The monoisotopic (exact) mass is 286 g/mol. The van der Waals surface area contributed by atoms with Crippen molar-refractivity contribution in [2.45, 2.75) is 31.9 Å². The van der Waals surface area contributed by atoms with E-state index in [1.54, 1.807) is 6.20 Å². The number of H-pyrrole nitrogens is 1. The number of rotatable bonds is 5. The molecule has 5 heteroatoms. The zero-order valence-corrected chi connectivity index (χ0v) is 12.4. The molecule has 0 amide bonds. The van der Waals surface area contributed by atoms with Crippen LogP contribution < -0.4 is 0 Å². The standard InChI is InChI=1S/C16H22N4O/c1-20(10-13-4-2-6-15(13)21)11-14-9-18-19-16(14)12-5-3-7-17-8-12/h3,5,7-9,13,15,21H,2,4,6,10-11H2,1H3,(H,18,19). The van der Waals surface area contributed by atoms with E-state index in [2.05, 4.69) is 27.1 Å². The normalized spacial score (nSPS) is 22.0. The van der Waals surface area contributed by atoms with E-state index >= 15 is 0 Å². The summed E-state index contributed by atoms with van der Waals surface area (Å²) in [4.78, 5) is 6.43. The van der Waals surface area contributed by atoms with Gasteiger partial charge in [0.2, 0.25) is 0 Å². The van der Waals surface area contributed by atoms with E-state index in [4.69, 9.17) is 0 Å². The Morgan fingerprint density at radius 2 is 2.29 bits per heavy atom. The topological polar surface area (TPSA) is 65.0 Å². The van der Waals surface area contributed by atoms with Gasteiger partial charge in [-0.3, -0.25) is 10.1 Å². The molecule has 0 saturated heterocycles. The molecule has 112 valence electrons. The highest BCUT2D eigenvalue weighted by Crippen LogP contribution is 2.27. The van der Waals surface area contributed by atoms with Crippen molar-refractivity contribution in [3.8, 4) is 11.3 Å². The molecule has 0 aliphatic heterocycles. The number of hydrogen-bond acceptors (Lipinski definition) is 4. The zero-order valence-electron chi connectivity index (χ0n) is 12.4. The fourth-order valence-corrected chi connectivity index (χ4v) is 3.18. The Balaban J connectivity index is 1.67. The maximum absolute atomic E-state index is 9.94. The second-order valence-corrected chi connectivity index (χ2v) is 5.97. The van der Waals surface area contributed by atoms with Crippen LogP contribution in [0.4, 0.5) is 0 Å². The molecule has 2 N–H and O–H groups in total. The van der Waals surface area contributed by atoms with Crippen molar-refractivity contribution in [3.05, 3.63) is 36.3 Å². The van der Waals surface area contributed by atoms with Crippen molar-refractivity contribution in [2.75, 3.05) is 13.6 Å². The Morgan fingerprint density at radius 1 is 1.38 bits per heavy atom. The van der Waals surface area contributed by atoms with Gasteiger partial charge < -0.3 is 10.0 Å². The molecule has 2 aromatic rings. The predicted octanol–water partition coefficient (Wildman–Crippen LogP) is 2.06. The molecule has 0 bridgehead atoms. The molecular formula is C16H22N4O. The first kappa shape index (κ1) is 14.2. The number of aliphatic hydroxyl groups excluding tert-OH is 1. The average Bonchev–Trinajstić information content (AvgIpc) is 3.10. The van der Waals surface area contributed by atoms with E-state index in [1.807, 2.05) is 24.5 Å². The molecule has 0 radical (unpaired) electrons. The Kier molecular flexibility index (Phi) is 4.31. The summed E-state index contributed by atoms with van der Waals surface area (Å²) in [7, 11) is 2.10. The number of aliphatic hydroxyl groups is 1.